The van der Waals surface area contributed by atoms with Gasteiger partial charge in [0.1, 0.15) is 13.2 Å². The summed E-state index contributed by atoms with van der Waals surface area (Å²) in [5.41, 5.74) is 0. The Morgan fingerprint density at radius 1 is 0.328 bits per heavy atom. The minimum atomic E-state index is -0.790. The number of rotatable bonds is 47. The van der Waals surface area contributed by atoms with Gasteiger partial charge in [0.25, 0.3) is 0 Å². The van der Waals surface area contributed by atoms with Crippen molar-refractivity contribution in [3.63, 3.8) is 0 Å². The first-order chi connectivity index (χ1) is 31.5. The number of ether oxygens (including phenoxy) is 3. The zero-order chi connectivity index (χ0) is 46.5. The molecule has 0 aromatic heterocycles. The number of carbonyl (C=O) groups is 3. The van der Waals surface area contributed by atoms with Gasteiger partial charge in [-0.3, -0.25) is 14.4 Å². The first-order valence-electron chi connectivity index (χ1n) is 26.6. The lowest BCUT2D eigenvalue weighted by Gasteiger charge is -2.18. The van der Waals surface area contributed by atoms with E-state index in [2.05, 4.69) is 106 Å². The fourth-order valence-corrected chi connectivity index (χ4v) is 7.21. The number of allylic oxidation sites excluding steroid dienone is 14. The Kier molecular flexibility index (Phi) is 49.4. The van der Waals surface area contributed by atoms with Crippen LogP contribution in [0, 0.1) is 0 Å². The Morgan fingerprint density at radius 2 is 0.609 bits per heavy atom. The molecule has 1 atom stereocenters. The summed E-state index contributed by atoms with van der Waals surface area (Å²) < 4.78 is 16.8. The maximum Gasteiger partial charge on any atom is 0.306 e. The van der Waals surface area contributed by atoms with Crippen LogP contribution in [-0.4, -0.2) is 37.2 Å². The maximum absolute atomic E-state index is 12.8. The van der Waals surface area contributed by atoms with Gasteiger partial charge in [-0.05, 0) is 89.9 Å². The molecule has 0 heterocycles. The van der Waals surface area contributed by atoms with Crippen molar-refractivity contribution >= 4 is 17.9 Å². The lowest BCUT2D eigenvalue weighted by Crippen LogP contribution is -2.30. The van der Waals surface area contributed by atoms with Gasteiger partial charge in [0.2, 0.25) is 0 Å². The Morgan fingerprint density at radius 3 is 0.953 bits per heavy atom. The van der Waals surface area contributed by atoms with E-state index in [1.54, 1.807) is 0 Å². The van der Waals surface area contributed by atoms with Gasteiger partial charge < -0.3 is 14.2 Å². The predicted molar refractivity (Wildman–Crippen MR) is 274 cm³/mol. The van der Waals surface area contributed by atoms with Gasteiger partial charge in [0.05, 0.1) is 0 Å². The van der Waals surface area contributed by atoms with Gasteiger partial charge in [-0.15, -0.1) is 0 Å². The van der Waals surface area contributed by atoms with E-state index >= 15 is 0 Å². The van der Waals surface area contributed by atoms with Gasteiger partial charge in [-0.1, -0.05) is 221 Å². The van der Waals surface area contributed by atoms with E-state index in [9.17, 15) is 14.4 Å². The second-order valence-corrected chi connectivity index (χ2v) is 17.4. The Hall–Kier alpha value is -3.41. The molecular weight excluding hydrogens is 793 g/mol. The van der Waals surface area contributed by atoms with Gasteiger partial charge in [-0.25, -0.2) is 0 Å². The fourth-order valence-electron chi connectivity index (χ4n) is 7.21. The lowest BCUT2D eigenvalue weighted by molar-refractivity contribution is -0.167. The van der Waals surface area contributed by atoms with Gasteiger partial charge in [0, 0.05) is 19.3 Å². The Balaban J connectivity index is 4.41. The summed E-state index contributed by atoms with van der Waals surface area (Å²) >= 11 is 0. The molecule has 0 bridgehead atoms. The number of carbonyl (C=O) groups excluding carboxylic acids is 3. The third kappa shape index (κ3) is 49.6. The van der Waals surface area contributed by atoms with Crippen LogP contribution in [0.15, 0.2) is 85.1 Å². The summed E-state index contributed by atoms with van der Waals surface area (Å²) in [6, 6.07) is 0. The van der Waals surface area contributed by atoms with Gasteiger partial charge in [0.15, 0.2) is 6.10 Å². The average molecular weight is 891 g/mol. The SMILES string of the molecule is CC/C=C\C/C=C\C/C=C\C/C=C\CCCCCCCCC(=O)OCC(COC(=O)CCCCCCCCCCCCCC)OC(=O)CCCCCCC/C=C\C/C=C\C/C=C\CC. The maximum atomic E-state index is 12.8. The van der Waals surface area contributed by atoms with Gasteiger partial charge in [-0.2, -0.15) is 0 Å². The highest BCUT2D eigenvalue weighted by molar-refractivity contribution is 5.71. The third-order valence-electron chi connectivity index (χ3n) is 11.1. The highest BCUT2D eigenvalue weighted by Gasteiger charge is 2.19. The molecule has 0 saturated heterocycles. The standard InChI is InChI=1S/C58H98O6/c1-4-7-10-13-16-19-22-25-27-28-29-30-32-33-36-39-42-45-48-51-57(60)63-54-55(53-62-56(59)50-47-44-41-38-35-24-21-18-15-12-9-6-3)64-58(61)52-49-46-43-40-37-34-31-26-23-20-17-14-11-8-5-2/h7-8,10-11,16-17,19-20,25-27,29-31,55H,4-6,9,12-15,18,21-24,28,32-54H2,1-3H3/b10-7-,11-8-,19-16-,20-17-,27-25-,30-29-,31-26-. The smallest absolute Gasteiger partial charge is 0.306 e. The summed E-state index contributed by atoms with van der Waals surface area (Å²) in [4.78, 5) is 38.0. The van der Waals surface area contributed by atoms with Crippen molar-refractivity contribution in [2.45, 2.75) is 252 Å². The molecule has 0 rings (SSSR count). The molecule has 64 heavy (non-hydrogen) atoms. The molecule has 0 aromatic rings. The average Bonchev–Trinajstić information content (AvgIpc) is 3.29. The van der Waals surface area contributed by atoms with Crippen LogP contribution in [0.25, 0.3) is 0 Å². The van der Waals surface area contributed by atoms with Crippen molar-refractivity contribution in [3.8, 4) is 0 Å². The van der Waals surface area contributed by atoms with E-state index < -0.39 is 6.10 Å². The highest BCUT2D eigenvalue weighted by atomic mass is 16.6. The van der Waals surface area contributed by atoms with Crippen LogP contribution in [0.2, 0.25) is 0 Å². The molecular formula is C58H98O6. The van der Waals surface area contributed by atoms with Crippen molar-refractivity contribution in [2.24, 2.45) is 0 Å². The van der Waals surface area contributed by atoms with Crippen LogP contribution >= 0.6 is 0 Å². The highest BCUT2D eigenvalue weighted by Crippen LogP contribution is 2.15. The van der Waals surface area contributed by atoms with Crippen molar-refractivity contribution < 1.29 is 28.6 Å². The van der Waals surface area contributed by atoms with Gasteiger partial charge >= 0.3 is 17.9 Å². The van der Waals surface area contributed by atoms with Crippen LogP contribution < -0.4 is 0 Å². The quantitative estimate of drug-likeness (QED) is 0.0262. The summed E-state index contributed by atoms with van der Waals surface area (Å²) in [6.07, 6.45) is 67.1. The molecule has 0 N–H and O–H groups in total. The Bertz CT molecular complexity index is 1250. The topological polar surface area (TPSA) is 78.9 Å². The number of unbranched alkanes of at least 4 members (excludes halogenated alkanes) is 22. The summed E-state index contributed by atoms with van der Waals surface area (Å²) in [5.74, 6) is -0.917. The van der Waals surface area contributed by atoms with Crippen LogP contribution in [-0.2, 0) is 28.6 Å². The molecule has 0 aliphatic carbocycles. The normalized spacial score (nSPS) is 12.7. The van der Waals surface area contributed by atoms with Crippen molar-refractivity contribution in [3.05, 3.63) is 85.1 Å². The van der Waals surface area contributed by atoms with Crippen LogP contribution in [0.1, 0.15) is 245 Å². The Labute approximate surface area is 395 Å². The number of hydrogen-bond donors (Lipinski definition) is 0. The van der Waals surface area contributed by atoms with E-state index in [4.69, 9.17) is 14.2 Å². The molecule has 366 valence electrons. The van der Waals surface area contributed by atoms with Crippen molar-refractivity contribution in [2.75, 3.05) is 13.2 Å². The van der Waals surface area contributed by atoms with Crippen molar-refractivity contribution in [1.82, 2.24) is 0 Å². The molecule has 0 radical (unpaired) electrons. The minimum absolute atomic E-state index is 0.0871. The molecule has 0 spiro atoms. The molecule has 6 heteroatoms. The minimum Gasteiger partial charge on any atom is -0.462 e. The monoisotopic (exact) mass is 891 g/mol. The molecule has 0 amide bonds. The third-order valence-corrected chi connectivity index (χ3v) is 11.1. The molecule has 6 nitrogen and oxygen atoms in total. The van der Waals surface area contributed by atoms with Crippen molar-refractivity contribution in [1.29, 1.82) is 0 Å². The van der Waals surface area contributed by atoms with E-state index in [1.165, 1.54) is 77.0 Å². The molecule has 0 aromatic carbocycles. The lowest BCUT2D eigenvalue weighted by atomic mass is 10.0. The van der Waals surface area contributed by atoms with E-state index in [-0.39, 0.29) is 31.1 Å². The first kappa shape index (κ1) is 60.6. The number of esters is 3. The second-order valence-electron chi connectivity index (χ2n) is 17.4. The van der Waals surface area contributed by atoms with Crippen LogP contribution in [0.3, 0.4) is 0 Å². The van der Waals surface area contributed by atoms with Crippen LogP contribution in [0.5, 0.6) is 0 Å². The largest absolute Gasteiger partial charge is 0.462 e. The fraction of sp³-hybridized carbons (Fsp3) is 0.707. The predicted octanol–water partition coefficient (Wildman–Crippen LogP) is 17.6. The van der Waals surface area contributed by atoms with E-state index in [1.807, 2.05) is 0 Å². The molecule has 0 fully saturated rings. The number of hydrogen-bond acceptors (Lipinski definition) is 6. The zero-order valence-corrected chi connectivity index (χ0v) is 41.8. The summed E-state index contributed by atoms with van der Waals surface area (Å²) in [5, 5.41) is 0. The zero-order valence-electron chi connectivity index (χ0n) is 41.8. The first-order valence-corrected chi connectivity index (χ1v) is 26.6. The van der Waals surface area contributed by atoms with E-state index in [0.29, 0.717) is 19.3 Å². The summed E-state index contributed by atoms with van der Waals surface area (Å²) in [7, 11) is 0. The van der Waals surface area contributed by atoms with Crippen LogP contribution in [0.4, 0.5) is 0 Å². The van der Waals surface area contributed by atoms with E-state index in [0.717, 1.165) is 128 Å². The molecule has 0 aliphatic rings. The molecule has 0 aliphatic heterocycles. The molecule has 1 unspecified atom stereocenters. The summed E-state index contributed by atoms with van der Waals surface area (Å²) in [6.45, 7) is 6.39. The molecule has 0 saturated carbocycles. The second kappa shape index (κ2) is 52.2.